The van der Waals surface area contributed by atoms with E-state index in [1.807, 2.05) is 19.1 Å². The summed E-state index contributed by atoms with van der Waals surface area (Å²) in [5, 5.41) is 16.9. The van der Waals surface area contributed by atoms with Crippen molar-refractivity contribution in [3.05, 3.63) is 29.8 Å². The summed E-state index contributed by atoms with van der Waals surface area (Å²) in [6, 6.07) is 8.09. The van der Waals surface area contributed by atoms with E-state index in [1.165, 1.54) is 5.56 Å². The number of ether oxygens (including phenoxy) is 1. The molecule has 1 atom stereocenters. The summed E-state index contributed by atoms with van der Waals surface area (Å²) < 4.78 is 5.16. The standard InChI is InChI=1S/C17H27N3O2S.HI/c1-3-18-16(20-12-17(21)9-11-23-13-17)19-10-8-14-4-6-15(22-2)7-5-14;/h4-7,21H,3,8-13H2,1-2H3,(H2,18,19,20);1H. The van der Waals surface area contributed by atoms with Crippen LogP contribution in [0.15, 0.2) is 29.3 Å². The Morgan fingerprint density at radius 1 is 1.33 bits per heavy atom. The molecule has 1 unspecified atom stereocenters. The maximum absolute atomic E-state index is 10.4. The molecule has 0 bridgehead atoms. The molecule has 0 saturated carbocycles. The number of nitrogens with one attached hydrogen (secondary N) is 2. The van der Waals surface area contributed by atoms with Crippen molar-refractivity contribution in [2.24, 2.45) is 4.99 Å². The zero-order chi connectivity index (χ0) is 16.5. The predicted molar refractivity (Wildman–Crippen MR) is 113 cm³/mol. The van der Waals surface area contributed by atoms with Gasteiger partial charge in [-0.05, 0) is 43.2 Å². The summed E-state index contributed by atoms with van der Waals surface area (Å²) in [6.07, 6.45) is 1.74. The van der Waals surface area contributed by atoms with E-state index < -0.39 is 5.60 Å². The monoisotopic (exact) mass is 465 g/mol. The van der Waals surface area contributed by atoms with E-state index in [9.17, 15) is 5.11 Å². The molecule has 136 valence electrons. The van der Waals surface area contributed by atoms with Gasteiger partial charge in [-0.1, -0.05) is 12.1 Å². The van der Waals surface area contributed by atoms with Gasteiger partial charge in [0.05, 0.1) is 19.3 Å². The normalized spacial score (nSPS) is 20.4. The number of hydrogen-bond acceptors (Lipinski definition) is 4. The maximum atomic E-state index is 10.4. The Morgan fingerprint density at radius 3 is 2.67 bits per heavy atom. The van der Waals surface area contributed by atoms with Crippen molar-refractivity contribution in [2.75, 3.05) is 38.2 Å². The molecule has 1 aliphatic rings. The molecule has 0 radical (unpaired) electrons. The molecule has 1 fully saturated rings. The maximum Gasteiger partial charge on any atom is 0.191 e. The number of guanidine groups is 1. The average Bonchev–Trinajstić information content (AvgIpc) is 3.00. The van der Waals surface area contributed by atoms with E-state index in [-0.39, 0.29) is 24.0 Å². The van der Waals surface area contributed by atoms with Gasteiger partial charge in [0.2, 0.25) is 0 Å². The number of rotatable bonds is 7. The third-order valence-electron chi connectivity index (χ3n) is 3.82. The molecule has 7 heteroatoms. The highest BCUT2D eigenvalue weighted by molar-refractivity contribution is 14.0. The van der Waals surface area contributed by atoms with Gasteiger partial charge in [0.25, 0.3) is 0 Å². The summed E-state index contributed by atoms with van der Waals surface area (Å²) in [5.41, 5.74) is 0.614. The Bertz CT molecular complexity index is 505. The minimum absolute atomic E-state index is 0. The molecule has 1 aromatic rings. The van der Waals surface area contributed by atoms with Crippen LogP contribution in [0.2, 0.25) is 0 Å². The van der Waals surface area contributed by atoms with Gasteiger partial charge in [-0.15, -0.1) is 24.0 Å². The highest BCUT2D eigenvalue weighted by Crippen LogP contribution is 2.27. The molecule has 3 N–H and O–H groups in total. The van der Waals surface area contributed by atoms with Crippen molar-refractivity contribution in [3.63, 3.8) is 0 Å². The van der Waals surface area contributed by atoms with Crippen LogP contribution in [-0.2, 0) is 6.42 Å². The number of hydrogen-bond donors (Lipinski definition) is 3. The second-order valence-electron chi connectivity index (χ2n) is 5.75. The number of aliphatic hydroxyl groups is 1. The summed E-state index contributed by atoms with van der Waals surface area (Å²) in [7, 11) is 1.67. The number of methoxy groups -OCH3 is 1. The van der Waals surface area contributed by atoms with Crippen molar-refractivity contribution in [3.8, 4) is 5.75 Å². The van der Waals surface area contributed by atoms with E-state index in [0.717, 1.165) is 49.1 Å². The molecule has 5 nitrogen and oxygen atoms in total. The number of nitrogens with zero attached hydrogens (tertiary/aromatic N) is 1. The number of benzene rings is 1. The van der Waals surface area contributed by atoms with Crippen LogP contribution < -0.4 is 15.4 Å². The quantitative estimate of drug-likeness (QED) is 0.328. The first-order valence-electron chi connectivity index (χ1n) is 8.10. The van der Waals surface area contributed by atoms with E-state index >= 15 is 0 Å². The summed E-state index contributed by atoms with van der Waals surface area (Å²) in [4.78, 5) is 4.54. The Labute approximate surface area is 166 Å². The first kappa shape index (κ1) is 21.4. The van der Waals surface area contributed by atoms with Crippen LogP contribution >= 0.6 is 35.7 Å². The highest BCUT2D eigenvalue weighted by Gasteiger charge is 2.31. The molecular formula is C17H28IN3O2S. The van der Waals surface area contributed by atoms with E-state index in [1.54, 1.807) is 18.9 Å². The summed E-state index contributed by atoms with van der Waals surface area (Å²) in [6.45, 7) is 4.10. The molecule has 1 saturated heterocycles. The SMILES string of the molecule is CCNC(=NCC1(O)CCSC1)NCCc1ccc(OC)cc1.I. The van der Waals surface area contributed by atoms with Gasteiger partial charge < -0.3 is 20.5 Å². The van der Waals surface area contributed by atoms with Crippen molar-refractivity contribution in [1.29, 1.82) is 0 Å². The lowest BCUT2D eigenvalue weighted by Crippen LogP contribution is -2.40. The van der Waals surface area contributed by atoms with Crippen LogP contribution in [-0.4, -0.2) is 54.9 Å². The predicted octanol–water partition coefficient (Wildman–Crippen LogP) is 2.28. The zero-order valence-corrected chi connectivity index (χ0v) is 17.5. The van der Waals surface area contributed by atoms with Crippen LogP contribution in [0.25, 0.3) is 0 Å². The Morgan fingerprint density at radius 2 is 2.08 bits per heavy atom. The third-order valence-corrected chi connectivity index (χ3v) is 5.06. The fraction of sp³-hybridized carbons (Fsp3) is 0.588. The smallest absolute Gasteiger partial charge is 0.191 e. The van der Waals surface area contributed by atoms with E-state index in [4.69, 9.17) is 4.74 Å². The molecule has 0 aliphatic carbocycles. The molecule has 1 aliphatic heterocycles. The second-order valence-corrected chi connectivity index (χ2v) is 6.85. The second kappa shape index (κ2) is 11.0. The molecule has 1 heterocycles. The molecule has 24 heavy (non-hydrogen) atoms. The number of halogens is 1. The van der Waals surface area contributed by atoms with Crippen molar-refractivity contribution in [1.82, 2.24) is 10.6 Å². The van der Waals surface area contributed by atoms with Gasteiger partial charge in [-0.25, -0.2) is 0 Å². The van der Waals surface area contributed by atoms with Crippen LogP contribution in [0.3, 0.4) is 0 Å². The number of thioether (sulfide) groups is 1. The van der Waals surface area contributed by atoms with Crippen molar-refractivity contribution < 1.29 is 9.84 Å². The van der Waals surface area contributed by atoms with Gasteiger partial charge >= 0.3 is 0 Å². The van der Waals surface area contributed by atoms with Gasteiger partial charge in [0.1, 0.15) is 5.75 Å². The van der Waals surface area contributed by atoms with Crippen molar-refractivity contribution >= 4 is 41.7 Å². The average molecular weight is 465 g/mol. The van der Waals surface area contributed by atoms with Crippen molar-refractivity contribution in [2.45, 2.75) is 25.4 Å². The first-order chi connectivity index (χ1) is 11.1. The zero-order valence-electron chi connectivity index (χ0n) is 14.4. The lowest BCUT2D eigenvalue weighted by Gasteiger charge is -2.19. The van der Waals surface area contributed by atoms with Gasteiger partial charge in [-0.2, -0.15) is 11.8 Å². The van der Waals surface area contributed by atoms with Gasteiger partial charge in [-0.3, -0.25) is 4.99 Å². The molecule has 1 aromatic carbocycles. The van der Waals surface area contributed by atoms with E-state index in [0.29, 0.717) is 6.54 Å². The van der Waals surface area contributed by atoms with Gasteiger partial charge in [0, 0.05) is 18.8 Å². The lowest BCUT2D eigenvalue weighted by atomic mass is 10.1. The van der Waals surface area contributed by atoms with Crippen LogP contribution in [0.4, 0.5) is 0 Å². The Kier molecular flexibility index (Phi) is 9.84. The molecular weight excluding hydrogens is 437 g/mol. The van der Waals surface area contributed by atoms with Gasteiger partial charge in [0.15, 0.2) is 5.96 Å². The van der Waals surface area contributed by atoms with Crippen LogP contribution in [0, 0.1) is 0 Å². The minimum Gasteiger partial charge on any atom is -0.497 e. The van der Waals surface area contributed by atoms with Crippen LogP contribution in [0.1, 0.15) is 18.9 Å². The number of aliphatic imine (C=N–C) groups is 1. The molecule has 0 spiro atoms. The third kappa shape index (κ3) is 7.06. The minimum atomic E-state index is -0.636. The Hall–Kier alpha value is -0.670. The summed E-state index contributed by atoms with van der Waals surface area (Å²) in [5.74, 6) is 3.44. The molecule has 2 rings (SSSR count). The fourth-order valence-corrected chi connectivity index (χ4v) is 3.69. The highest BCUT2D eigenvalue weighted by atomic mass is 127. The Balaban J connectivity index is 0.00000288. The van der Waals surface area contributed by atoms with E-state index in [2.05, 4.69) is 27.8 Å². The molecule has 0 amide bonds. The lowest BCUT2D eigenvalue weighted by molar-refractivity contribution is 0.0778. The van der Waals surface area contributed by atoms with Crippen LogP contribution in [0.5, 0.6) is 5.75 Å². The first-order valence-corrected chi connectivity index (χ1v) is 9.26. The topological polar surface area (TPSA) is 65.9 Å². The fourth-order valence-electron chi connectivity index (χ4n) is 2.41. The molecule has 0 aromatic heterocycles. The largest absolute Gasteiger partial charge is 0.497 e. The summed E-state index contributed by atoms with van der Waals surface area (Å²) >= 11 is 1.79.